The maximum absolute atomic E-state index is 11.9. The van der Waals surface area contributed by atoms with Gasteiger partial charge in [-0.15, -0.1) is 0 Å². The van der Waals surface area contributed by atoms with Gasteiger partial charge in [0.1, 0.15) is 12.6 Å². The molecule has 1 aromatic heterocycles. The fourth-order valence-corrected chi connectivity index (χ4v) is 2.72. The predicted octanol–water partition coefficient (Wildman–Crippen LogP) is 0.0375. The number of rotatable bonds is 5. The molecule has 0 radical (unpaired) electrons. The van der Waals surface area contributed by atoms with Crippen molar-refractivity contribution in [3.05, 3.63) is 18.0 Å². The van der Waals surface area contributed by atoms with E-state index in [0.29, 0.717) is 19.2 Å². The van der Waals surface area contributed by atoms with E-state index in [1.54, 1.807) is 4.68 Å². The van der Waals surface area contributed by atoms with E-state index in [2.05, 4.69) is 25.6 Å². The van der Waals surface area contributed by atoms with E-state index < -0.39 is 0 Å². The molecule has 1 aliphatic heterocycles. The normalized spacial score (nSPS) is 21.7. The summed E-state index contributed by atoms with van der Waals surface area (Å²) in [6, 6.07) is 0.369. The molecule has 1 aromatic rings. The summed E-state index contributed by atoms with van der Waals surface area (Å²) >= 11 is 0. The summed E-state index contributed by atoms with van der Waals surface area (Å²) in [5.74, 6) is 0.755. The number of hydrogen-bond acceptors (Lipinski definition) is 4. The first-order chi connectivity index (χ1) is 11.7. The summed E-state index contributed by atoms with van der Waals surface area (Å²) in [5.41, 5.74) is 1.06. The molecule has 1 atom stereocenters. The van der Waals surface area contributed by atoms with Crippen LogP contribution in [0, 0.1) is 0 Å². The predicted molar refractivity (Wildman–Crippen MR) is 90.6 cm³/mol. The van der Waals surface area contributed by atoms with Crippen LogP contribution in [0.3, 0.4) is 0 Å². The third-order valence-electron chi connectivity index (χ3n) is 4.11. The smallest absolute Gasteiger partial charge is 0.242 e. The van der Waals surface area contributed by atoms with Gasteiger partial charge in [-0.05, 0) is 19.8 Å². The molecular weight excluding hydrogens is 308 g/mol. The van der Waals surface area contributed by atoms with Gasteiger partial charge in [0.2, 0.25) is 5.91 Å². The Kier molecular flexibility index (Phi) is 5.34. The van der Waals surface area contributed by atoms with Gasteiger partial charge in [0, 0.05) is 37.9 Å². The number of amides is 1. The topological polar surface area (TPSA) is 83.8 Å². The van der Waals surface area contributed by atoms with Crippen LogP contribution < -0.4 is 10.6 Å². The highest BCUT2D eigenvalue weighted by Crippen LogP contribution is 2.21. The molecule has 2 aliphatic rings. The molecule has 2 fully saturated rings. The summed E-state index contributed by atoms with van der Waals surface area (Å²) in [5, 5.41) is 10.4. The first-order valence-electron chi connectivity index (χ1n) is 8.58. The molecule has 1 saturated carbocycles. The average molecular weight is 334 g/mol. The second-order valence-corrected chi connectivity index (χ2v) is 6.26. The van der Waals surface area contributed by atoms with E-state index >= 15 is 0 Å². The van der Waals surface area contributed by atoms with E-state index in [1.165, 1.54) is 0 Å². The number of aryl methyl sites for hydroxylation is 1. The highest BCUT2D eigenvalue weighted by atomic mass is 16.5. The van der Waals surface area contributed by atoms with Crippen LogP contribution in [0.2, 0.25) is 0 Å². The van der Waals surface area contributed by atoms with Crippen LogP contribution in [0.1, 0.15) is 31.4 Å². The molecule has 2 N–H and O–H groups in total. The lowest BCUT2D eigenvalue weighted by atomic mass is 10.1. The molecule has 0 bridgehead atoms. The lowest BCUT2D eigenvalue weighted by Gasteiger charge is -2.34. The number of aromatic nitrogens is 2. The van der Waals surface area contributed by atoms with Gasteiger partial charge in [0.05, 0.1) is 19.3 Å². The minimum Gasteiger partial charge on any atom is -0.370 e. The molecule has 3 rings (SSSR count). The summed E-state index contributed by atoms with van der Waals surface area (Å²) in [6.07, 6.45) is 5.96. The lowest BCUT2D eigenvalue weighted by Crippen LogP contribution is -2.48. The van der Waals surface area contributed by atoms with Crippen LogP contribution in [-0.4, -0.2) is 65.4 Å². The van der Waals surface area contributed by atoms with Gasteiger partial charge < -0.3 is 20.3 Å². The summed E-state index contributed by atoms with van der Waals surface area (Å²) < 4.78 is 7.64. The van der Waals surface area contributed by atoms with Crippen LogP contribution in [0.4, 0.5) is 0 Å². The first-order valence-corrected chi connectivity index (χ1v) is 8.58. The highest BCUT2D eigenvalue weighted by molar-refractivity contribution is 5.85. The Morgan fingerprint density at radius 3 is 3.00 bits per heavy atom. The number of aliphatic imine (C=N–C) groups is 1. The van der Waals surface area contributed by atoms with Crippen LogP contribution in [-0.2, 0) is 16.6 Å². The molecule has 0 spiro atoms. The van der Waals surface area contributed by atoms with Gasteiger partial charge >= 0.3 is 0 Å². The fourth-order valence-electron chi connectivity index (χ4n) is 2.72. The average Bonchev–Trinajstić information content (AvgIpc) is 3.29. The Labute approximate surface area is 142 Å². The number of morpholine rings is 1. The third-order valence-corrected chi connectivity index (χ3v) is 4.11. The minimum absolute atomic E-state index is 0.00929. The van der Waals surface area contributed by atoms with Crippen LogP contribution in [0.25, 0.3) is 0 Å². The Morgan fingerprint density at radius 2 is 2.33 bits per heavy atom. The van der Waals surface area contributed by atoms with E-state index in [-0.39, 0.29) is 18.6 Å². The molecular formula is C16H26N6O2. The largest absolute Gasteiger partial charge is 0.370 e. The Hall–Kier alpha value is -2.09. The zero-order valence-electron chi connectivity index (χ0n) is 14.4. The molecule has 0 aromatic carbocycles. The van der Waals surface area contributed by atoms with E-state index in [4.69, 9.17) is 4.74 Å². The van der Waals surface area contributed by atoms with Crippen molar-refractivity contribution in [3.63, 3.8) is 0 Å². The molecule has 2 heterocycles. The van der Waals surface area contributed by atoms with Gasteiger partial charge in [-0.25, -0.2) is 4.99 Å². The number of nitrogens with one attached hydrogen (secondary N) is 2. The first kappa shape index (κ1) is 16.8. The number of carbonyl (C=O) groups is 1. The van der Waals surface area contributed by atoms with Gasteiger partial charge in [0.25, 0.3) is 0 Å². The quantitative estimate of drug-likeness (QED) is 0.587. The molecule has 132 valence electrons. The van der Waals surface area contributed by atoms with E-state index in [9.17, 15) is 4.79 Å². The van der Waals surface area contributed by atoms with E-state index in [1.807, 2.05) is 26.4 Å². The zero-order valence-corrected chi connectivity index (χ0v) is 14.4. The number of carbonyl (C=O) groups excluding carboxylic acids is 1. The number of ether oxygens (including phenoxy) is 1. The Balaban J connectivity index is 1.61. The second-order valence-electron chi connectivity index (χ2n) is 6.26. The molecule has 24 heavy (non-hydrogen) atoms. The highest BCUT2D eigenvalue weighted by Gasteiger charge is 2.26. The van der Waals surface area contributed by atoms with Crippen molar-refractivity contribution in [1.29, 1.82) is 0 Å². The minimum atomic E-state index is -0.0309. The van der Waals surface area contributed by atoms with Crippen LogP contribution >= 0.6 is 0 Å². The van der Waals surface area contributed by atoms with Crippen LogP contribution in [0.15, 0.2) is 17.4 Å². The standard InChI is InChI=1S/C16H26N6O2/c1-3-17-16(18-9-15(23)20-13-4-5-13)22-6-7-24-14(11-22)12-8-19-21(2)10-12/h8,10,13-14H,3-7,9,11H2,1-2H3,(H,17,18)(H,20,23). The summed E-state index contributed by atoms with van der Waals surface area (Å²) in [7, 11) is 1.90. The van der Waals surface area contributed by atoms with Gasteiger partial charge in [-0.1, -0.05) is 0 Å². The van der Waals surface area contributed by atoms with Gasteiger partial charge in [-0.2, -0.15) is 5.10 Å². The number of guanidine groups is 1. The summed E-state index contributed by atoms with van der Waals surface area (Å²) in [6.45, 7) is 5.03. The lowest BCUT2D eigenvalue weighted by molar-refractivity contribution is -0.119. The third kappa shape index (κ3) is 4.47. The maximum Gasteiger partial charge on any atom is 0.242 e. The molecule has 1 amide bonds. The summed E-state index contributed by atoms with van der Waals surface area (Å²) in [4.78, 5) is 18.5. The van der Waals surface area contributed by atoms with Gasteiger partial charge in [-0.3, -0.25) is 9.48 Å². The van der Waals surface area contributed by atoms with Crippen molar-refractivity contribution in [1.82, 2.24) is 25.3 Å². The molecule has 1 aliphatic carbocycles. The second kappa shape index (κ2) is 7.65. The van der Waals surface area contributed by atoms with E-state index in [0.717, 1.165) is 37.5 Å². The molecule has 1 saturated heterocycles. The number of hydrogen-bond donors (Lipinski definition) is 2. The van der Waals surface area contributed by atoms with Crippen molar-refractivity contribution in [2.45, 2.75) is 31.9 Å². The SMILES string of the molecule is CCNC(=NCC(=O)NC1CC1)N1CCOC(c2cnn(C)c2)C1. The zero-order chi connectivity index (χ0) is 16.9. The van der Waals surface area contributed by atoms with Crippen molar-refractivity contribution in [2.75, 3.05) is 32.8 Å². The maximum atomic E-state index is 11.9. The van der Waals surface area contributed by atoms with Crippen molar-refractivity contribution in [2.24, 2.45) is 12.0 Å². The Bertz CT molecular complexity index is 595. The van der Waals surface area contributed by atoms with Crippen LogP contribution in [0.5, 0.6) is 0 Å². The molecule has 8 nitrogen and oxygen atoms in total. The molecule has 1 unspecified atom stereocenters. The van der Waals surface area contributed by atoms with Crippen molar-refractivity contribution >= 4 is 11.9 Å². The van der Waals surface area contributed by atoms with Gasteiger partial charge in [0.15, 0.2) is 5.96 Å². The van der Waals surface area contributed by atoms with Crippen molar-refractivity contribution in [3.8, 4) is 0 Å². The van der Waals surface area contributed by atoms with Crippen molar-refractivity contribution < 1.29 is 9.53 Å². The fraction of sp³-hybridized carbons (Fsp3) is 0.688. The molecule has 8 heteroatoms. The number of nitrogens with zero attached hydrogens (tertiary/aromatic N) is 4. The Morgan fingerprint density at radius 1 is 1.50 bits per heavy atom. The monoisotopic (exact) mass is 334 g/mol.